The van der Waals surface area contributed by atoms with Crippen LogP contribution in [-0.2, 0) is 4.79 Å². The molecule has 1 amide bonds. The Morgan fingerprint density at radius 1 is 1.03 bits per heavy atom. The molecule has 4 aromatic rings. The van der Waals surface area contributed by atoms with Crippen LogP contribution in [0.1, 0.15) is 11.1 Å². The zero-order chi connectivity index (χ0) is 23.5. The van der Waals surface area contributed by atoms with Crippen LogP contribution in [0.25, 0.3) is 22.3 Å². The molecule has 1 N–H and O–H groups in total. The Balaban J connectivity index is 1.72. The van der Waals surface area contributed by atoms with Crippen LogP contribution in [0, 0.1) is 19.7 Å². The molecule has 7 heteroatoms. The van der Waals surface area contributed by atoms with Crippen LogP contribution in [0.3, 0.4) is 0 Å². The summed E-state index contributed by atoms with van der Waals surface area (Å²) in [4.78, 5) is 25.8. The third-order valence-corrected chi connectivity index (χ3v) is 5.11. The Kier molecular flexibility index (Phi) is 6.13. The highest BCUT2D eigenvalue weighted by Gasteiger charge is 2.20. The van der Waals surface area contributed by atoms with Crippen molar-refractivity contribution in [1.29, 1.82) is 0 Å². The number of hydrogen-bond acceptors (Lipinski definition) is 5. The van der Waals surface area contributed by atoms with Crippen LogP contribution in [0.15, 0.2) is 69.9 Å². The van der Waals surface area contributed by atoms with E-state index < -0.39 is 18.3 Å². The quantitative estimate of drug-likeness (QED) is 0.437. The van der Waals surface area contributed by atoms with Gasteiger partial charge in [-0.3, -0.25) is 9.59 Å². The number of halogens is 1. The van der Waals surface area contributed by atoms with Gasteiger partial charge in [-0.15, -0.1) is 0 Å². The van der Waals surface area contributed by atoms with Crippen molar-refractivity contribution in [1.82, 2.24) is 0 Å². The van der Waals surface area contributed by atoms with E-state index in [0.717, 1.165) is 11.1 Å². The normalized spacial score (nSPS) is 10.8. The summed E-state index contributed by atoms with van der Waals surface area (Å²) in [5.41, 5.74) is 2.82. The van der Waals surface area contributed by atoms with Crippen molar-refractivity contribution in [2.24, 2.45) is 0 Å². The SMILES string of the molecule is COc1ccc(-c2oc3c(C)cc(C)cc3c(=O)c2OCC(=O)Nc2ccc(F)cc2)cc1. The van der Waals surface area contributed by atoms with E-state index in [0.29, 0.717) is 28.0 Å². The molecule has 0 aliphatic rings. The summed E-state index contributed by atoms with van der Waals surface area (Å²) in [6.07, 6.45) is 0. The first kappa shape index (κ1) is 22.1. The Labute approximate surface area is 189 Å². The maximum absolute atomic E-state index is 13.4. The Morgan fingerprint density at radius 3 is 2.39 bits per heavy atom. The molecule has 6 nitrogen and oxygen atoms in total. The smallest absolute Gasteiger partial charge is 0.262 e. The van der Waals surface area contributed by atoms with Crippen LogP contribution < -0.4 is 20.2 Å². The molecule has 0 bridgehead atoms. The van der Waals surface area contributed by atoms with E-state index in [1.54, 1.807) is 37.4 Å². The van der Waals surface area contributed by atoms with Gasteiger partial charge >= 0.3 is 0 Å². The highest BCUT2D eigenvalue weighted by Crippen LogP contribution is 2.33. The minimum Gasteiger partial charge on any atom is -0.497 e. The number of rotatable bonds is 6. The maximum atomic E-state index is 13.4. The Bertz CT molecular complexity index is 1380. The molecular formula is C26H22FNO5. The molecule has 0 aliphatic heterocycles. The first-order chi connectivity index (χ1) is 15.9. The monoisotopic (exact) mass is 447 g/mol. The lowest BCUT2D eigenvalue weighted by molar-refractivity contribution is -0.118. The number of hydrogen-bond donors (Lipinski definition) is 1. The second kappa shape index (κ2) is 9.16. The fraction of sp³-hybridized carbons (Fsp3) is 0.154. The van der Waals surface area contributed by atoms with Crippen molar-refractivity contribution in [2.75, 3.05) is 19.0 Å². The maximum Gasteiger partial charge on any atom is 0.262 e. The van der Waals surface area contributed by atoms with Gasteiger partial charge in [0.2, 0.25) is 11.2 Å². The molecule has 0 atom stereocenters. The summed E-state index contributed by atoms with van der Waals surface area (Å²) in [5.74, 6) is -0.103. The summed E-state index contributed by atoms with van der Waals surface area (Å²) in [7, 11) is 1.56. The minimum absolute atomic E-state index is 0.0630. The summed E-state index contributed by atoms with van der Waals surface area (Å²) in [5, 5.41) is 2.98. The molecule has 0 saturated carbocycles. The van der Waals surface area contributed by atoms with E-state index in [9.17, 15) is 14.0 Å². The first-order valence-corrected chi connectivity index (χ1v) is 10.3. The average molecular weight is 447 g/mol. The number of benzene rings is 3. The first-order valence-electron chi connectivity index (χ1n) is 10.3. The van der Waals surface area contributed by atoms with E-state index in [4.69, 9.17) is 13.9 Å². The van der Waals surface area contributed by atoms with Crippen molar-refractivity contribution in [3.63, 3.8) is 0 Å². The van der Waals surface area contributed by atoms with Gasteiger partial charge in [0.15, 0.2) is 12.4 Å². The van der Waals surface area contributed by atoms with Crippen molar-refractivity contribution >= 4 is 22.6 Å². The molecule has 1 heterocycles. The number of amides is 1. The number of fused-ring (bicyclic) bond motifs is 1. The zero-order valence-corrected chi connectivity index (χ0v) is 18.4. The highest BCUT2D eigenvalue weighted by atomic mass is 19.1. The van der Waals surface area contributed by atoms with Crippen LogP contribution in [0.2, 0.25) is 0 Å². The minimum atomic E-state index is -0.498. The largest absolute Gasteiger partial charge is 0.497 e. The van der Waals surface area contributed by atoms with E-state index in [1.165, 1.54) is 24.3 Å². The van der Waals surface area contributed by atoms with E-state index >= 15 is 0 Å². The molecule has 0 saturated heterocycles. The van der Waals surface area contributed by atoms with Gasteiger partial charge in [0.25, 0.3) is 5.91 Å². The molecule has 0 radical (unpaired) electrons. The van der Waals surface area contributed by atoms with Gasteiger partial charge in [-0.1, -0.05) is 6.07 Å². The van der Waals surface area contributed by atoms with Crippen LogP contribution in [0.5, 0.6) is 11.5 Å². The van der Waals surface area contributed by atoms with Gasteiger partial charge in [0.1, 0.15) is 17.1 Å². The Hall–Kier alpha value is -4.13. The number of aryl methyl sites for hydroxylation is 2. The summed E-state index contributed by atoms with van der Waals surface area (Å²) < 4.78 is 30.1. The third-order valence-electron chi connectivity index (χ3n) is 5.11. The molecule has 0 fully saturated rings. The molecule has 0 aliphatic carbocycles. The second-order valence-electron chi connectivity index (χ2n) is 7.62. The second-order valence-corrected chi connectivity index (χ2v) is 7.62. The van der Waals surface area contributed by atoms with Crippen molar-refractivity contribution in [3.8, 4) is 22.8 Å². The van der Waals surface area contributed by atoms with Crippen LogP contribution >= 0.6 is 0 Å². The van der Waals surface area contributed by atoms with Crippen molar-refractivity contribution < 1.29 is 23.1 Å². The predicted octanol–water partition coefficient (Wildman–Crippen LogP) is 5.24. The number of carbonyl (C=O) groups is 1. The molecule has 168 valence electrons. The number of nitrogens with one attached hydrogen (secondary N) is 1. The van der Waals surface area contributed by atoms with Gasteiger partial charge in [-0.2, -0.15) is 0 Å². The van der Waals surface area contributed by atoms with Gasteiger partial charge in [-0.25, -0.2) is 4.39 Å². The van der Waals surface area contributed by atoms with E-state index in [-0.39, 0.29) is 16.9 Å². The third kappa shape index (κ3) is 4.72. The van der Waals surface area contributed by atoms with Crippen LogP contribution in [0.4, 0.5) is 10.1 Å². The molecule has 33 heavy (non-hydrogen) atoms. The number of methoxy groups -OCH3 is 1. The summed E-state index contributed by atoms with van der Waals surface area (Å²) in [6, 6.07) is 16.0. The molecular weight excluding hydrogens is 425 g/mol. The van der Waals surface area contributed by atoms with Crippen molar-refractivity contribution in [2.45, 2.75) is 13.8 Å². The van der Waals surface area contributed by atoms with Gasteiger partial charge in [0, 0.05) is 11.3 Å². The lowest BCUT2D eigenvalue weighted by Gasteiger charge is -2.13. The number of anilines is 1. The number of carbonyl (C=O) groups excluding carboxylic acids is 1. The molecule has 0 unspecified atom stereocenters. The van der Waals surface area contributed by atoms with E-state index in [1.807, 2.05) is 19.9 Å². The fourth-order valence-corrected chi connectivity index (χ4v) is 3.56. The lowest BCUT2D eigenvalue weighted by Crippen LogP contribution is -2.22. The predicted molar refractivity (Wildman–Crippen MR) is 124 cm³/mol. The van der Waals surface area contributed by atoms with Gasteiger partial charge in [-0.05, 0) is 79.6 Å². The van der Waals surface area contributed by atoms with Gasteiger partial charge < -0.3 is 19.2 Å². The molecule has 4 rings (SSSR count). The molecule has 0 spiro atoms. The highest BCUT2D eigenvalue weighted by molar-refractivity contribution is 5.92. The summed E-state index contributed by atoms with van der Waals surface area (Å²) >= 11 is 0. The summed E-state index contributed by atoms with van der Waals surface area (Å²) in [6.45, 7) is 3.33. The zero-order valence-electron chi connectivity index (χ0n) is 18.4. The molecule has 1 aromatic heterocycles. The Morgan fingerprint density at radius 2 is 1.73 bits per heavy atom. The lowest BCUT2D eigenvalue weighted by atomic mass is 10.1. The standard InChI is InChI=1S/C26H22FNO5/c1-15-12-16(2)24-21(13-15)23(30)26(25(33-24)17-4-10-20(31-3)11-5-17)32-14-22(29)28-19-8-6-18(27)7-9-19/h4-13H,14H2,1-3H3,(H,28,29). The average Bonchev–Trinajstić information content (AvgIpc) is 2.80. The van der Waals surface area contributed by atoms with Gasteiger partial charge in [0.05, 0.1) is 12.5 Å². The van der Waals surface area contributed by atoms with E-state index in [2.05, 4.69) is 5.32 Å². The fourth-order valence-electron chi connectivity index (χ4n) is 3.56. The van der Waals surface area contributed by atoms with Crippen molar-refractivity contribution in [3.05, 3.63) is 87.8 Å². The molecule has 3 aromatic carbocycles. The topological polar surface area (TPSA) is 77.8 Å². The van der Waals surface area contributed by atoms with Crippen LogP contribution in [-0.4, -0.2) is 19.6 Å². The number of ether oxygens (including phenoxy) is 2.